The van der Waals surface area contributed by atoms with Crippen LogP contribution in [0.2, 0.25) is 5.02 Å². The molecule has 0 amide bonds. The summed E-state index contributed by atoms with van der Waals surface area (Å²) in [7, 11) is 1.62. The molecule has 118 valence electrons. The summed E-state index contributed by atoms with van der Waals surface area (Å²) in [5.74, 6) is 0.519. The van der Waals surface area contributed by atoms with E-state index in [9.17, 15) is 4.39 Å². The fraction of sp³-hybridized carbons (Fsp3) is 0.222. The average molecular weight is 331 g/mol. The number of rotatable bonds is 2. The summed E-state index contributed by atoms with van der Waals surface area (Å²) in [6.07, 6.45) is 0.864. The van der Waals surface area contributed by atoms with Gasteiger partial charge in [-0.1, -0.05) is 17.7 Å². The van der Waals surface area contributed by atoms with Crippen LogP contribution < -0.4 is 10.1 Å². The molecule has 23 heavy (non-hydrogen) atoms. The summed E-state index contributed by atoms with van der Waals surface area (Å²) in [6.45, 7) is 0.823. The first-order valence-corrected chi connectivity index (χ1v) is 7.92. The van der Waals surface area contributed by atoms with Crippen molar-refractivity contribution in [2.45, 2.75) is 12.5 Å². The molecule has 2 aromatic carbocycles. The van der Waals surface area contributed by atoms with Gasteiger partial charge in [-0.25, -0.2) is 4.39 Å². The Hall–Kier alpha value is -2.04. The van der Waals surface area contributed by atoms with E-state index in [-0.39, 0.29) is 11.9 Å². The Kier molecular flexibility index (Phi) is 3.51. The third kappa shape index (κ3) is 2.38. The van der Waals surface area contributed by atoms with Gasteiger partial charge in [0.25, 0.3) is 0 Å². The predicted molar refractivity (Wildman–Crippen MR) is 89.8 cm³/mol. The topological polar surface area (TPSA) is 37.0 Å². The molecule has 1 aliphatic heterocycles. The van der Waals surface area contributed by atoms with Crippen LogP contribution in [0.1, 0.15) is 22.9 Å². The maximum Gasteiger partial charge on any atom is 0.123 e. The van der Waals surface area contributed by atoms with Gasteiger partial charge < -0.3 is 15.0 Å². The van der Waals surface area contributed by atoms with E-state index >= 15 is 0 Å². The Labute approximate surface area is 138 Å². The lowest BCUT2D eigenvalue weighted by atomic mass is 9.94. The second kappa shape index (κ2) is 5.55. The molecular formula is C18H16ClFN2O. The zero-order valence-corrected chi connectivity index (χ0v) is 13.4. The van der Waals surface area contributed by atoms with Gasteiger partial charge in [0.2, 0.25) is 0 Å². The minimum Gasteiger partial charge on any atom is -0.497 e. The second-order valence-electron chi connectivity index (χ2n) is 5.73. The Morgan fingerprint density at radius 1 is 1.22 bits per heavy atom. The molecule has 2 heterocycles. The number of hydrogen-bond donors (Lipinski definition) is 2. The van der Waals surface area contributed by atoms with Crippen molar-refractivity contribution < 1.29 is 9.13 Å². The Morgan fingerprint density at radius 2 is 2.09 bits per heavy atom. The van der Waals surface area contributed by atoms with Gasteiger partial charge in [-0.2, -0.15) is 0 Å². The number of halogens is 2. The fourth-order valence-electron chi connectivity index (χ4n) is 3.33. The largest absolute Gasteiger partial charge is 0.497 e. The molecule has 0 spiro atoms. The summed E-state index contributed by atoms with van der Waals surface area (Å²) in [4.78, 5) is 3.43. The van der Waals surface area contributed by atoms with Crippen molar-refractivity contribution in [2.75, 3.05) is 13.7 Å². The molecule has 5 heteroatoms. The number of nitrogens with one attached hydrogen (secondary N) is 2. The van der Waals surface area contributed by atoms with Gasteiger partial charge in [0, 0.05) is 28.2 Å². The van der Waals surface area contributed by atoms with Crippen LogP contribution in [0.4, 0.5) is 4.39 Å². The van der Waals surface area contributed by atoms with Crippen molar-refractivity contribution >= 4 is 22.5 Å². The molecule has 0 radical (unpaired) electrons. The lowest BCUT2D eigenvalue weighted by Gasteiger charge is -2.25. The molecular weight excluding hydrogens is 315 g/mol. The lowest BCUT2D eigenvalue weighted by molar-refractivity contribution is 0.414. The van der Waals surface area contributed by atoms with Gasteiger partial charge in [-0.3, -0.25) is 0 Å². The highest BCUT2D eigenvalue weighted by Gasteiger charge is 2.26. The molecule has 1 aliphatic rings. The molecule has 2 N–H and O–H groups in total. The maximum atomic E-state index is 13.6. The van der Waals surface area contributed by atoms with Crippen LogP contribution in [0.25, 0.3) is 10.9 Å². The number of ether oxygens (including phenoxy) is 1. The molecule has 1 atom stereocenters. The quantitative estimate of drug-likeness (QED) is 0.738. The van der Waals surface area contributed by atoms with E-state index < -0.39 is 0 Å². The summed E-state index contributed by atoms with van der Waals surface area (Å²) in [5, 5.41) is 5.10. The second-order valence-corrected chi connectivity index (χ2v) is 6.14. The van der Waals surface area contributed by atoms with Crippen molar-refractivity contribution in [3.8, 4) is 5.75 Å². The first kappa shape index (κ1) is 14.5. The minimum atomic E-state index is -0.211. The zero-order chi connectivity index (χ0) is 16.0. The summed E-state index contributed by atoms with van der Waals surface area (Å²) in [5.41, 5.74) is 4.16. The van der Waals surface area contributed by atoms with Crippen LogP contribution in [-0.2, 0) is 6.42 Å². The van der Waals surface area contributed by atoms with Gasteiger partial charge in [-0.15, -0.1) is 0 Å². The monoisotopic (exact) mass is 330 g/mol. The molecule has 0 saturated carbocycles. The normalized spacial score (nSPS) is 17.3. The molecule has 1 unspecified atom stereocenters. The number of aromatic nitrogens is 1. The third-order valence-corrected chi connectivity index (χ3v) is 4.76. The number of benzene rings is 2. The summed E-state index contributed by atoms with van der Waals surface area (Å²) in [6, 6.07) is 10.5. The third-order valence-electron chi connectivity index (χ3n) is 4.43. The van der Waals surface area contributed by atoms with Crippen LogP contribution in [0.15, 0.2) is 36.4 Å². The molecule has 1 aromatic heterocycles. The van der Waals surface area contributed by atoms with Crippen molar-refractivity contribution in [2.24, 2.45) is 0 Å². The predicted octanol–water partition coefficient (Wildman–Crippen LogP) is 4.20. The van der Waals surface area contributed by atoms with E-state index in [1.54, 1.807) is 19.2 Å². The van der Waals surface area contributed by atoms with Gasteiger partial charge in [0.05, 0.1) is 13.2 Å². The Balaban J connectivity index is 1.86. The van der Waals surface area contributed by atoms with E-state index in [1.165, 1.54) is 6.07 Å². The van der Waals surface area contributed by atoms with Crippen molar-refractivity contribution in [3.63, 3.8) is 0 Å². The van der Waals surface area contributed by atoms with Crippen LogP contribution in [0.5, 0.6) is 5.75 Å². The van der Waals surface area contributed by atoms with Crippen LogP contribution >= 0.6 is 11.6 Å². The molecule has 3 nitrogen and oxygen atoms in total. The average Bonchev–Trinajstić information content (AvgIpc) is 2.93. The van der Waals surface area contributed by atoms with Gasteiger partial charge in [0.15, 0.2) is 0 Å². The maximum absolute atomic E-state index is 13.6. The molecule has 4 rings (SSSR count). The lowest BCUT2D eigenvalue weighted by Crippen LogP contribution is -2.30. The van der Waals surface area contributed by atoms with Crippen molar-refractivity contribution in [1.29, 1.82) is 0 Å². The van der Waals surface area contributed by atoms with Crippen LogP contribution in [0, 0.1) is 5.82 Å². The van der Waals surface area contributed by atoms with Gasteiger partial charge >= 0.3 is 0 Å². The molecule has 0 aliphatic carbocycles. The summed E-state index contributed by atoms with van der Waals surface area (Å²) < 4.78 is 18.8. The van der Waals surface area contributed by atoms with Crippen LogP contribution in [-0.4, -0.2) is 18.6 Å². The molecule has 0 saturated heterocycles. The highest BCUT2D eigenvalue weighted by atomic mass is 35.5. The van der Waals surface area contributed by atoms with Crippen molar-refractivity contribution in [3.05, 3.63) is 64.1 Å². The molecule has 3 aromatic rings. The van der Waals surface area contributed by atoms with Crippen molar-refractivity contribution in [1.82, 2.24) is 10.3 Å². The van der Waals surface area contributed by atoms with Crippen LogP contribution in [0.3, 0.4) is 0 Å². The smallest absolute Gasteiger partial charge is 0.123 e. The minimum absolute atomic E-state index is 0.0346. The fourth-order valence-corrected chi connectivity index (χ4v) is 3.61. The van der Waals surface area contributed by atoms with E-state index in [0.717, 1.165) is 46.4 Å². The first-order valence-electron chi connectivity index (χ1n) is 7.54. The summed E-state index contributed by atoms with van der Waals surface area (Å²) >= 11 is 6.44. The van der Waals surface area contributed by atoms with Gasteiger partial charge in [-0.05, 0) is 47.9 Å². The number of aromatic amines is 1. The number of hydrogen-bond acceptors (Lipinski definition) is 2. The molecule has 0 bridgehead atoms. The Bertz CT molecular complexity index is 890. The SMILES string of the molecule is COc1ccc(C2NCCc3c2[nH]c2ccc(F)cc32)c(Cl)c1. The van der Waals surface area contributed by atoms with E-state index in [2.05, 4.69) is 10.3 Å². The first-order chi connectivity index (χ1) is 11.2. The highest BCUT2D eigenvalue weighted by molar-refractivity contribution is 6.31. The number of H-pyrrole nitrogens is 1. The molecule has 0 fully saturated rings. The van der Waals surface area contributed by atoms with E-state index in [4.69, 9.17) is 16.3 Å². The standard InChI is InChI=1S/C18H16ClFN2O/c1-23-11-3-4-13(15(19)9-11)17-18-12(6-7-21-17)14-8-10(20)2-5-16(14)22-18/h2-5,8-9,17,21-22H,6-7H2,1H3. The number of methoxy groups -OCH3 is 1. The highest BCUT2D eigenvalue weighted by Crippen LogP contribution is 2.37. The van der Waals surface area contributed by atoms with E-state index in [0.29, 0.717) is 5.02 Å². The van der Waals surface area contributed by atoms with E-state index in [1.807, 2.05) is 18.2 Å². The zero-order valence-electron chi connectivity index (χ0n) is 12.6. The number of fused-ring (bicyclic) bond motifs is 3. The Morgan fingerprint density at radius 3 is 2.87 bits per heavy atom. The van der Waals surface area contributed by atoms with Gasteiger partial charge in [0.1, 0.15) is 11.6 Å².